The molecular formula is C18H26O2. The second-order valence-electron chi connectivity index (χ2n) is 5.89. The lowest BCUT2D eigenvalue weighted by Gasteiger charge is -2.08. The first-order chi connectivity index (χ1) is 9.88. The molecule has 1 aliphatic rings. The minimum atomic E-state index is 0.698. The summed E-state index contributed by atoms with van der Waals surface area (Å²) in [6, 6.07) is 7.32. The summed E-state index contributed by atoms with van der Waals surface area (Å²) in [5.41, 5.74) is 0.698. The number of carbonyl (C=O) groups excluding carboxylic acids is 1. The average Bonchev–Trinajstić information content (AvgIpc) is 3.00. The molecular weight excluding hydrogens is 248 g/mol. The standard InChI is InChI=1S/C18H26O2/c19-15-17-10-12-18(13-11-17)20-14-6-2-1-3-7-16-8-4-5-9-16/h10-13,15-16H,1-9,14H2. The van der Waals surface area contributed by atoms with E-state index in [0.29, 0.717) is 5.56 Å². The maximum atomic E-state index is 10.5. The fourth-order valence-corrected chi connectivity index (χ4v) is 3.02. The molecule has 2 nitrogen and oxygen atoms in total. The number of hydrogen-bond acceptors (Lipinski definition) is 2. The highest BCUT2D eigenvalue weighted by molar-refractivity contribution is 5.74. The van der Waals surface area contributed by atoms with Crippen LogP contribution in [-0.4, -0.2) is 12.9 Å². The van der Waals surface area contributed by atoms with Crippen LogP contribution in [0.3, 0.4) is 0 Å². The van der Waals surface area contributed by atoms with E-state index >= 15 is 0 Å². The summed E-state index contributed by atoms with van der Waals surface area (Å²) in [6.07, 6.45) is 13.3. The van der Waals surface area contributed by atoms with Gasteiger partial charge in [0, 0.05) is 5.56 Å². The molecule has 0 atom stereocenters. The van der Waals surface area contributed by atoms with E-state index in [1.165, 1.54) is 51.4 Å². The molecule has 1 aromatic carbocycles. The third-order valence-corrected chi connectivity index (χ3v) is 4.27. The zero-order valence-electron chi connectivity index (χ0n) is 12.4. The van der Waals surface area contributed by atoms with Crippen molar-refractivity contribution < 1.29 is 9.53 Å². The van der Waals surface area contributed by atoms with Crippen molar-refractivity contribution in [2.75, 3.05) is 6.61 Å². The number of hydrogen-bond donors (Lipinski definition) is 0. The highest BCUT2D eigenvalue weighted by Crippen LogP contribution is 2.29. The zero-order valence-corrected chi connectivity index (χ0v) is 12.4. The van der Waals surface area contributed by atoms with Gasteiger partial charge in [-0.25, -0.2) is 0 Å². The molecule has 110 valence electrons. The molecule has 0 spiro atoms. The summed E-state index contributed by atoms with van der Waals surface area (Å²) in [4.78, 5) is 10.5. The smallest absolute Gasteiger partial charge is 0.150 e. The summed E-state index contributed by atoms with van der Waals surface area (Å²) in [5, 5.41) is 0. The quantitative estimate of drug-likeness (QED) is 0.467. The SMILES string of the molecule is O=Cc1ccc(OCCCCCCC2CCCC2)cc1. The van der Waals surface area contributed by atoms with Gasteiger partial charge in [0.05, 0.1) is 6.61 Å². The molecule has 0 saturated heterocycles. The van der Waals surface area contributed by atoms with Crippen LogP contribution in [0.1, 0.15) is 68.1 Å². The van der Waals surface area contributed by atoms with Crippen LogP contribution < -0.4 is 4.74 Å². The number of aldehydes is 1. The Morgan fingerprint density at radius 1 is 1.00 bits per heavy atom. The average molecular weight is 274 g/mol. The van der Waals surface area contributed by atoms with Crippen LogP contribution in [0.4, 0.5) is 0 Å². The molecule has 1 aliphatic carbocycles. The van der Waals surface area contributed by atoms with Crippen molar-refractivity contribution in [1.29, 1.82) is 0 Å². The minimum Gasteiger partial charge on any atom is -0.494 e. The van der Waals surface area contributed by atoms with E-state index in [2.05, 4.69) is 0 Å². The molecule has 0 N–H and O–H groups in total. The Balaban J connectivity index is 1.47. The van der Waals surface area contributed by atoms with Crippen LogP contribution in [0.5, 0.6) is 5.75 Å². The van der Waals surface area contributed by atoms with Gasteiger partial charge in [-0.2, -0.15) is 0 Å². The van der Waals surface area contributed by atoms with Crippen molar-refractivity contribution in [1.82, 2.24) is 0 Å². The van der Waals surface area contributed by atoms with Gasteiger partial charge in [-0.15, -0.1) is 0 Å². The molecule has 0 aliphatic heterocycles. The molecule has 1 aromatic rings. The van der Waals surface area contributed by atoms with E-state index in [0.717, 1.165) is 31.0 Å². The normalized spacial score (nSPS) is 15.4. The molecule has 1 saturated carbocycles. The summed E-state index contributed by atoms with van der Waals surface area (Å²) >= 11 is 0. The predicted molar refractivity (Wildman–Crippen MR) is 82.4 cm³/mol. The molecule has 0 heterocycles. The monoisotopic (exact) mass is 274 g/mol. The van der Waals surface area contributed by atoms with Gasteiger partial charge in [0.15, 0.2) is 0 Å². The summed E-state index contributed by atoms with van der Waals surface area (Å²) in [5.74, 6) is 1.89. The molecule has 0 unspecified atom stereocenters. The van der Waals surface area contributed by atoms with Crippen molar-refractivity contribution in [3.63, 3.8) is 0 Å². The third-order valence-electron chi connectivity index (χ3n) is 4.27. The summed E-state index contributed by atoms with van der Waals surface area (Å²) < 4.78 is 5.67. The van der Waals surface area contributed by atoms with Crippen molar-refractivity contribution in [2.24, 2.45) is 5.92 Å². The van der Waals surface area contributed by atoms with Gasteiger partial charge in [-0.1, -0.05) is 51.4 Å². The van der Waals surface area contributed by atoms with Gasteiger partial charge in [-0.3, -0.25) is 4.79 Å². The third kappa shape index (κ3) is 5.36. The predicted octanol–water partition coefficient (Wildman–Crippen LogP) is 5.02. The van der Waals surface area contributed by atoms with Crippen LogP contribution in [-0.2, 0) is 0 Å². The second-order valence-corrected chi connectivity index (χ2v) is 5.89. The van der Waals surface area contributed by atoms with E-state index in [9.17, 15) is 4.79 Å². The van der Waals surface area contributed by atoms with Gasteiger partial charge in [0.2, 0.25) is 0 Å². The number of ether oxygens (including phenoxy) is 1. The second kappa shape index (κ2) is 8.78. The lowest BCUT2D eigenvalue weighted by Crippen LogP contribution is -1.98. The van der Waals surface area contributed by atoms with Crippen LogP contribution in [0, 0.1) is 5.92 Å². The van der Waals surface area contributed by atoms with E-state index in [1.807, 2.05) is 12.1 Å². The lowest BCUT2D eigenvalue weighted by molar-refractivity contribution is 0.112. The molecule has 2 rings (SSSR count). The first-order valence-corrected chi connectivity index (χ1v) is 8.06. The molecule has 0 aromatic heterocycles. The Morgan fingerprint density at radius 2 is 1.70 bits per heavy atom. The van der Waals surface area contributed by atoms with Crippen LogP contribution in [0.2, 0.25) is 0 Å². The van der Waals surface area contributed by atoms with Gasteiger partial charge in [0.1, 0.15) is 12.0 Å². The van der Waals surface area contributed by atoms with E-state index in [4.69, 9.17) is 4.74 Å². The Labute approximate surface area is 122 Å². The van der Waals surface area contributed by atoms with E-state index in [-0.39, 0.29) is 0 Å². The Bertz CT molecular complexity index is 377. The van der Waals surface area contributed by atoms with E-state index < -0.39 is 0 Å². The molecule has 2 heteroatoms. The summed E-state index contributed by atoms with van der Waals surface area (Å²) in [7, 11) is 0. The highest BCUT2D eigenvalue weighted by atomic mass is 16.5. The van der Waals surface area contributed by atoms with Gasteiger partial charge in [0.25, 0.3) is 0 Å². The molecule has 1 fully saturated rings. The maximum absolute atomic E-state index is 10.5. The molecule has 0 amide bonds. The van der Waals surface area contributed by atoms with E-state index in [1.54, 1.807) is 12.1 Å². The topological polar surface area (TPSA) is 26.3 Å². The fraction of sp³-hybridized carbons (Fsp3) is 0.611. The molecule has 0 radical (unpaired) electrons. The lowest BCUT2D eigenvalue weighted by atomic mass is 9.99. The largest absolute Gasteiger partial charge is 0.494 e. The highest BCUT2D eigenvalue weighted by Gasteiger charge is 2.13. The molecule has 20 heavy (non-hydrogen) atoms. The number of benzene rings is 1. The Hall–Kier alpha value is -1.31. The van der Waals surface area contributed by atoms with Crippen LogP contribution in [0.15, 0.2) is 24.3 Å². The zero-order chi connectivity index (χ0) is 14.0. The Kier molecular flexibility index (Phi) is 6.62. The first-order valence-electron chi connectivity index (χ1n) is 8.06. The minimum absolute atomic E-state index is 0.698. The Morgan fingerprint density at radius 3 is 2.40 bits per heavy atom. The van der Waals surface area contributed by atoms with Crippen molar-refractivity contribution in [3.05, 3.63) is 29.8 Å². The van der Waals surface area contributed by atoms with Gasteiger partial charge in [-0.05, 0) is 36.6 Å². The first kappa shape index (κ1) is 15.1. The van der Waals surface area contributed by atoms with Crippen molar-refractivity contribution >= 4 is 6.29 Å². The van der Waals surface area contributed by atoms with Crippen molar-refractivity contribution in [3.8, 4) is 5.75 Å². The number of unbranched alkanes of at least 4 members (excludes halogenated alkanes) is 3. The van der Waals surface area contributed by atoms with Crippen LogP contribution >= 0.6 is 0 Å². The van der Waals surface area contributed by atoms with Gasteiger partial charge >= 0.3 is 0 Å². The van der Waals surface area contributed by atoms with Crippen LogP contribution in [0.25, 0.3) is 0 Å². The molecule has 0 bridgehead atoms. The van der Waals surface area contributed by atoms with Crippen molar-refractivity contribution in [2.45, 2.75) is 57.8 Å². The number of rotatable bonds is 9. The maximum Gasteiger partial charge on any atom is 0.150 e. The fourth-order valence-electron chi connectivity index (χ4n) is 3.02. The van der Waals surface area contributed by atoms with Gasteiger partial charge < -0.3 is 4.74 Å². The number of carbonyl (C=O) groups is 1. The summed E-state index contributed by atoms with van der Waals surface area (Å²) in [6.45, 7) is 0.782.